The lowest BCUT2D eigenvalue weighted by Gasteiger charge is -2.09. The van der Waals surface area contributed by atoms with E-state index in [9.17, 15) is 0 Å². The Kier molecular flexibility index (Phi) is 5.58. The van der Waals surface area contributed by atoms with Gasteiger partial charge in [0.05, 0.1) is 33.5 Å². The van der Waals surface area contributed by atoms with Crippen molar-refractivity contribution in [2.24, 2.45) is 7.05 Å². The van der Waals surface area contributed by atoms with Gasteiger partial charge in [-0.25, -0.2) is 0 Å². The first kappa shape index (κ1) is 20.1. The quantitative estimate of drug-likeness (QED) is 0.386. The maximum atomic E-state index is 5.80. The molecule has 0 N–H and O–H groups in total. The van der Waals surface area contributed by atoms with Gasteiger partial charge in [-0.3, -0.25) is 4.68 Å². The summed E-state index contributed by atoms with van der Waals surface area (Å²) in [5.41, 5.74) is 3.99. The summed E-state index contributed by atoms with van der Waals surface area (Å²) in [6.45, 7) is 2.72. The van der Waals surface area contributed by atoms with Crippen LogP contribution in [0.3, 0.4) is 0 Å². The fraction of sp³-hybridized carbons (Fsp3) is 0.318. The van der Waals surface area contributed by atoms with Crippen LogP contribution in [0.15, 0.2) is 51.4 Å². The van der Waals surface area contributed by atoms with Crippen molar-refractivity contribution in [3.63, 3.8) is 0 Å². The van der Waals surface area contributed by atoms with Gasteiger partial charge in [-0.1, -0.05) is 0 Å². The molecule has 2 aliphatic rings. The fourth-order valence-corrected chi connectivity index (χ4v) is 4.11. The lowest BCUT2D eigenvalue weighted by molar-refractivity contribution is 0.262. The van der Waals surface area contributed by atoms with E-state index in [-0.39, 0.29) is 12.2 Å². The van der Waals surface area contributed by atoms with Crippen molar-refractivity contribution in [2.75, 3.05) is 26.4 Å². The second kappa shape index (κ2) is 8.34. The van der Waals surface area contributed by atoms with Crippen LogP contribution < -0.4 is 9.47 Å². The number of hydrogen-bond donors (Lipinski definition) is 0. The van der Waals surface area contributed by atoms with E-state index in [1.54, 1.807) is 0 Å². The number of hydrogen-bond acceptors (Lipinski definition) is 5. The van der Waals surface area contributed by atoms with Gasteiger partial charge < -0.3 is 18.9 Å². The predicted molar refractivity (Wildman–Crippen MR) is 120 cm³/mol. The van der Waals surface area contributed by atoms with Crippen molar-refractivity contribution in [1.29, 1.82) is 0 Å². The summed E-state index contributed by atoms with van der Waals surface area (Å²) in [5.74, 6) is 1.62. The van der Waals surface area contributed by atoms with Crippen LogP contribution >= 0.6 is 31.9 Å². The highest BCUT2D eigenvalue weighted by atomic mass is 79.9. The summed E-state index contributed by atoms with van der Waals surface area (Å²) >= 11 is 7.22. The highest BCUT2D eigenvalue weighted by molar-refractivity contribution is 9.10. The molecule has 2 aromatic carbocycles. The first-order valence-electron chi connectivity index (χ1n) is 9.69. The van der Waals surface area contributed by atoms with Gasteiger partial charge in [0.2, 0.25) is 0 Å². The molecular weight excluding hydrogens is 516 g/mol. The molecule has 3 heterocycles. The molecule has 2 fully saturated rings. The van der Waals surface area contributed by atoms with Crippen molar-refractivity contribution < 1.29 is 18.9 Å². The molecule has 2 saturated heterocycles. The predicted octanol–water partition coefficient (Wildman–Crippen LogP) is 4.83. The van der Waals surface area contributed by atoms with Crippen molar-refractivity contribution in [1.82, 2.24) is 9.78 Å². The Labute approximate surface area is 191 Å². The van der Waals surface area contributed by atoms with Crippen LogP contribution in [0.5, 0.6) is 11.5 Å². The Morgan fingerprint density at radius 3 is 1.97 bits per heavy atom. The second-order valence-corrected chi connectivity index (χ2v) is 9.07. The average Bonchev–Trinajstić information content (AvgIpc) is 3.65. The zero-order valence-corrected chi connectivity index (χ0v) is 19.5. The molecule has 2 aliphatic heterocycles. The number of aryl methyl sites for hydroxylation is 1. The minimum Gasteiger partial charge on any atom is -0.490 e. The van der Waals surface area contributed by atoms with Crippen LogP contribution in [0.2, 0.25) is 0 Å². The van der Waals surface area contributed by atoms with Gasteiger partial charge in [0, 0.05) is 18.2 Å². The van der Waals surface area contributed by atoms with Crippen molar-refractivity contribution >= 4 is 31.9 Å². The third-order valence-electron chi connectivity index (χ3n) is 4.99. The lowest BCUT2D eigenvalue weighted by Crippen LogP contribution is -2.04. The van der Waals surface area contributed by atoms with Crippen LogP contribution in [0.25, 0.3) is 22.5 Å². The van der Waals surface area contributed by atoms with E-state index < -0.39 is 0 Å². The molecule has 0 aliphatic carbocycles. The summed E-state index contributed by atoms with van der Waals surface area (Å²) in [4.78, 5) is 0. The van der Waals surface area contributed by atoms with E-state index in [2.05, 4.69) is 44.0 Å². The van der Waals surface area contributed by atoms with Crippen molar-refractivity contribution in [2.45, 2.75) is 12.2 Å². The largest absolute Gasteiger partial charge is 0.490 e. The molecule has 0 radical (unpaired) electrons. The molecule has 0 amide bonds. The van der Waals surface area contributed by atoms with E-state index in [1.165, 1.54) is 0 Å². The van der Waals surface area contributed by atoms with E-state index in [0.717, 1.165) is 56.2 Å². The van der Waals surface area contributed by atoms with E-state index >= 15 is 0 Å². The molecule has 0 spiro atoms. The molecule has 0 saturated carbocycles. The number of epoxide rings is 2. The maximum Gasteiger partial charge on any atom is 0.133 e. The van der Waals surface area contributed by atoms with E-state index in [4.69, 9.17) is 24.0 Å². The highest BCUT2D eigenvalue weighted by Crippen LogP contribution is 2.35. The third-order valence-corrected chi connectivity index (χ3v) is 6.23. The van der Waals surface area contributed by atoms with Crippen molar-refractivity contribution in [3.8, 4) is 34.0 Å². The molecule has 0 bridgehead atoms. The van der Waals surface area contributed by atoms with Crippen molar-refractivity contribution in [3.05, 3.63) is 51.4 Å². The number of nitrogens with zero attached hydrogens (tertiary/aromatic N) is 2. The van der Waals surface area contributed by atoms with Crippen LogP contribution in [0.4, 0.5) is 0 Å². The second-order valence-electron chi connectivity index (χ2n) is 7.36. The molecule has 3 aromatic rings. The molecule has 2 unspecified atom stereocenters. The topological polar surface area (TPSA) is 61.3 Å². The molecule has 6 nitrogen and oxygen atoms in total. The maximum absolute atomic E-state index is 5.80. The van der Waals surface area contributed by atoms with Gasteiger partial charge in [0.15, 0.2) is 0 Å². The first-order chi connectivity index (χ1) is 14.6. The van der Waals surface area contributed by atoms with Crippen LogP contribution in [-0.2, 0) is 16.5 Å². The number of ether oxygens (including phenoxy) is 4. The minimum atomic E-state index is 0.230. The van der Waals surface area contributed by atoms with Gasteiger partial charge >= 0.3 is 0 Å². The highest BCUT2D eigenvalue weighted by Gasteiger charge is 2.24. The average molecular weight is 536 g/mol. The SMILES string of the molecule is Cn1nc(-c2ccc(OCC3CO3)c(Br)c2)cc1-c1ccc(OCC2CO2)c(Br)c1. The van der Waals surface area contributed by atoms with E-state index in [1.807, 2.05) is 42.1 Å². The van der Waals surface area contributed by atoms with Crippen LogP contribution in [-0.4, -0.2) is 48.4 Å². The first-order valence-corrected chi connectivity index (χ1v) is 11.3. The van der Waals surface area contributed by atoms with Crippen LogP contribution in [0.1, 0.15) is 0 Å². The molecule has 1 aromatic heterocycles. The van der Waals surface area contributed by atoms with Crippen LogP contribution in [0, 0.1) is 0 Å². The molecule has 30 heavy (non-hydrogen) atoms. The third kappa shape index (κ3) is 4.56. The van der Waals surface area contributed by atoms with E-state index in [0.29, 0.717) is 13.2 Å². The molecule has 2 atom stereocenters. The lowest BCUT2D eigenvalue weighted by atomic mass is 10.1. The fourth-order valence-electron chi connectivity index (χ4n) is 3.13. The number of rotatable bonds is 8. The molecule has 5 rings (SSSR count). The zero-order chi connectivity index (χ0) is 20.7. The smallest absolute Gasteiger partial charge is 0.133 e. The Bertz CT molecular complexity index is 1080. The zero-order valence-electron chi connectivity index (χ0n) is 16.3. The Morgan fingerprint density at radius 2 is 1.43 bits per heavy atom. The normalized spacial score (nSPS) is 19.6. The Hall–Kier alpha value is -1.87. The van der Waals surface area contributed by atoms with Gasteiger partial charge in [-0.2, -0.15) is 5.10 Å². The summed E-state index contributed by atoms with van der Waals surface area (Å²) in [7, 11) is 1.95. The summed E-state index contributed by atoms with van der Waals surface area (Å²) < 4.78 is 25.7. The Morgan fingerprint density at radius 1 is 0.900 bits per heavy atom. The minimum absolute atomic E-state index is 0.230. The molecule has 156 valence electrons. The number of aromatic nitrogens is 2. The van der Waals surface area contributed by atoms with Gasteiger partial charge in [0.1, 0.15) is 36.9 Å². The molecular formula is C22H20Br2N2O4. The summed E-state index contributed by atoms with van der Waals surface area (Å²) in [5, 5.41) is 4.70. The van der Waals surface area contributed by atoms with Gasteiger partial charge in [-0.05, 0) is 74.3 Å². The molecule has 8 heteroatoms. The standard InChI is InChI=1S/C22H20Br2N2O4/c1-26-20(14-3-5-22(18(24)7-14)30-12-16-10-28-16)8-19(25-26)13-2-4-21(17(23)6-13)29-11-15-9-27-15/h2-8,15-16H,9-12H2,1H3. The van der Waals surface area contributed by atoms with Gasteiger partial charge in [0.25, 0.3) is 0 Å². The summed E-state index contributed by atoms with van der Waals surface area (Å²) in [6.07, 6.45) is 0.461. The number of halogens is 2. The Balaban J connectivity index is 1.35. The van der Waals surface area contributed by atoms with Gasteiger partial charge in [-0.15, -0.1) is 0 Å². The monoisotopic (exact) mass is 534 g/mol. The number of benzene rings is 2. The summed E-state index contributed by atoms with van der Waals surface area (Å²) in [6, 6.07) is 14.2.